The molecule has 1 atom stereocenters. The fraction of sp³-hybridized carbons (Fsp3) is 0.625. The molecule has 0 spiro atoms. The van der Waals surface area contributed by atoms with Gasteiger partial charge >= 0.3 is 0 Å². The summed E-state index contributed by atoms with van der Waals surface area (Å²) in [4.78, 5) is 5.10. The number of piperazine rings is 1. The minimum atomic E-state index is 0.124. The van der Waals surface area contributed by atoms with Crippen LogP contribution in [0.5, 0.6) is 0 Å². The molecule has 0 radical (unpaired) electrons. The summed E-state index contributed by atoms with van der Waals surface area (Å²) < 4.78 is 1.13. The zero-order valence-corrected chi connectivity index (χ0v) is 14.0. The van der Waals surface area contributed by atoms with E-state index in [4.69, 9.17) is 5.73 Å². The zero-order valence-electron chi connectivity index (χ0n) is 12.4. The van der Waals surface area contributed by atoms with Gasteiger partial charge in [-0.1, -0.05) is 41.1 Å². The van der Waals surface area contributed by atoms with E-state index in [2.05, 4.69) is 50.9 Å². The molecule has 1 fully saturated rings. The lowest BCUT2D eigenvalue weighted by Gasteiger charge is -2.35. The van der Waals surface area contributed by atoms with Crippen LogP contribution in [0.15, 0.2) is 28.7 Å². The average Bonchev–Trinajstić information content (AvgIpc) is 2.47. The van der Waals surface area contributed by atoms with Gasteiger partial charge in [-0.25, -0.2) is 0 Å². The molecule has 1 aliphatic heterocycles. The van der Waals surface area contributed by atoms with Gasteiger partial charge in [0.15, 0.2) is 0 Å². The minimum absolute atomic E-state index is 0.124. The van der Waals surface area contributed by atoms with Gasteiger partial charge in [-0.05, 0) is 31.0 Å². The Morgan fingerprint density at radius 1 is 1.10 bits per heavy atom. The summed E-state index contributed by atoms with van der Waals surface area (Å²) in [5, 5.41) is 0. The molecule has 2 N–H and O–H groups in total. The van der Waals surface area contributed by atoms with Crippen LogP contribution in [0.2, 0.25) is 0 Å². The molecule has 1 saturated heterocycles. The van der Waals surface area contributed by atoms with Crippen molar-refractivity contribution < 1.29 is 0 Å². The summed E-state index contributed by atoms with van der Waals surface area (Å²) in [5.74, 6) is 0. The van der Waals surface area contributed by atoms with Gasteiger partial charge in [0.25, 0.3) is 0 Å². The molecular weight excluding hydrogens is 314 g/mol. The van der Waals surface area contributed by atoms with Crippen molar-refractivity contribution in [3.63, 3.8) is 0 Å². The quantitative estimate of drug-likeness (QED) is 0.864. The Hall–Kier alpha value is -0.420. The molecule has 0 aromatic heterocycles. The van der Waals surface area contributed by atoms with Gasteiger partial charge in [0.2, 0.25) is 0 Å². The van der Waals surface area contributed by atoms with Crippen LogP contribution in [-0.2, 0) is 0 Å². The van der Waals surface area contributed by atoms with Gasteiger partial charge in [0.1, 0.15) is 0 Å². The molecule has 2 rings (SSSR count). The highest BCUT2D eigenvalue weighted by molar-refractivity contribution is 9.10. The average molecular weight is 340 g/mol. The van der Waals surface area contributed by atoms with Crippen LogP contribution in [0.4, 0.5) is 0 Å². The molecule has 112 valence electrons. The molecule has 1 aromatic carbocycles. The second-order valence-corrected chi connectivity index (χ2v) is 6.45. The first kappa shape index (κ1) is 16.0. The summed E-state index contributed by atoms with van der Waals surface area (Å²) in [6, 6.07) is 8.41. The maximum atomic E-state index is 6.32. The molecule has 4 heteroatoms. The first-order valence-corrected chi connectivity index (χ1v) is 8.44. The third kappa shape index (κ3) is 4.55. The van der Waals surface area contributed by atoms with E-state index in [-0.39, 0.29) is 6.04 Å². The lowest BCUT2D eigenvalue weighted by Crippen LogP contribution is -2.47. The zero-order chi connectivity index (χ0) is 14.4. The number of nitrogens with two attached hydrogens (primary N) is 1. The van der Waals surface area contributed by atoms with Gasteiger partial charge in [-0.3, -0.25) is 0 Å². The highest BCUT2D eigenvalue weighted by atomic mass is 79.9. The molecule has 1 aliphatic rings. The number of nitrogens with zero attached hydrogens (tertiary/aromatic N) is 2. The number of halogens is 1. The Bertz CT molecular complexity index is 402. The van der Waals surface area contributed by atoms with Crippen molar-refractivity contribution >= 4 is 15.9 Å². The van der Waals surface area contributed by atoms with E-state index in [1.807, 2.05) is 6.07 Å². The highest BCUT2D eigenvalue weighted by Crippen LogP contribution is 2.23. The van der Waals surface area contributed by atoms with Crippen molar-refractivity contribution in [1.82, 2.24) is 9.80 Å². The maximum absolute atomic E-state index is 6.32. The van der Waals surface area contributed by atoms with Crippen molar-refractivity contribution in [2.75, 3.05) is 39.3 Å². The topological polar surface area (TPSA) is 32.5 Å². The lowest BCUT2D eigenvalue weighted by atomic mass is 10.0. The molecule has 0 saturated carbocycles. The number of rotatable bonds is 6. The fourth-order valence-electron chi connectivity index (χ4n) is 2.81. The summed E-state index contributed by atoms with van der Waals surface area (Å²) in [6.07, 6.45) is 2.28. The predicted molar refractivity (Wildman–Crippen MR) is 88.9 cm³/mol. The van der Waals surface area contributed by atoms with Crippen LogP contribution in [0.1, 0.15) is 31.4 Å². The standard InChI is InChI=1S/C16H26BrN3/c1-2-8-19-10-12-20(13-11-19)9-7-16(18)14-5-3-4-6-15(14)17/h3-6,16H,2,7-13,18H2,1H3. The van der Waals surface area contributed by atoms with Crippen LogP contribution in [0.3, 0.4) is 0 Å². The Balaban J connectivity index is 1.75. The molecule has 3 nitrogen and oxygen atoms in total. The first-order chi connectivity index (χ1) is 9.70. The van der Waals surface area contributed by atoms with E-state index in [0.29, 0.717) is 0 Å². The predicted octanol–water partition coefficient (Wildman–Crippen LogP) is 2.87. The van der Waals surface area contributed by atoms with Crippen LogP contribution in [0.25, 0.3) is 0 Å². The minimum Gasteiger partial charge on any atom is -0.324 e. The summed E-state index contributed by atoms with van der Waals surface area (Å²) in [6.45, 7) is 9.37. The van der Waals surface area contributed by atoms with Gasteiger partial charge < -0.3 is 15.5 Å². The Morgan fingerprint density at radius 2 is 1.70 bits per heavy atom. The highest BCUT2D eigenvalue weighted by Gasteiger charge is 2.17. The first-order valence-electron chi connectivity index (χ1n) is 7.65. The van der Waals surface area contributed by atoms with Crippen molar-refractivity contribution in [3.05, 3.63) is 34.3 Å². The summed E-state index contributed by atoms with van der Waals surface area (Å²) in [7, 11) is 0. The molecule has 1 unspecified atom stereocenters. The van der Waals surface area contributed by atoms with Gasteiger partial charge in [-0.15, -0.1) is 0 Å². The SMILES string of the molecule is CCCN1CCN(CCC(N)c2ccccc2Br)CC1. The molecule has 0 aliphatic carbocycles. The molecule has 1 aromatic rings. The van der Waals surface area contributed by atoms with Crippen molar-refractivity contribution in [2.24, 2.45) is 5.73 Å². The molecular formula is C16H26BrN3. The Morgan fingerprint density at radius 3 is 2.30 bits per heavy atom. The molecule has 20 heavy (non-hydrogen) atoms. The van der Waals surface area contributed by atoms with Crippen LogP contribution >= 0.6 is 15.9 Å². The van der Waals surface area contributed by atoms with Crippen molar-refractivity contribution in [1.29, 1.82) is 0 Å². The van der Waals surface area contributed by atoms with E-state index in [1.54, 1.807) is 0 Å². The van der Waals surface area contributed by atoms with E-state index in [9.17, 15) is 0 Å². The fourth-order valence-corrected chi connectivity index (χ4v) is 3.38. The largest absolute Gasteiger partial charge is 0.324 e. The number of hydrogen-bond acceptors (Lipinski definition) is 3. The monoisotopic (exact) mass is 339 g/mol. The third-order valence-electron chi connectivity index (χ3n) is 4.07. The van der Waals surface area contributed by atoms with Gasteiger partial charge in [0, 0.05) is 43.2 Å². The van der Waals surface area contributed by atoms with Crippen molar-refractivity contribution in [3.8, 4) is 0 Å². The van der Waals surface area contributed by atoms with Gasteiger partial charge in [-0.2, -0.15) is 0 Å². The van der Waals surface area contributed by atoms with E-state index in [1.165, 1.54) is 44.7 Å². The van der Waals surface area contributed by atoms with Crippen LogP contribution < -0.4 is 5.73 Å². The van der Waals surface area contributed by atoms with Gasteiger partial charge in [0.05, 0.1) is 0 Å². The third-order valence-corrected chi connectivity index (χ3v) is 4.79. The van der Waals surface area contributed by atoms with E-state index in [0.717, 1.165) is 17.4 Å². The van der Waals surface area contributed by atoms with Crippen molar-refractivity contribution in [2.45, 2.75) is 25.8 Å². The lowest BCUT2D eigenvalue weighted by molar-refractivity contribution is 0.130. The van der Waals surface area contributed by atoms with E-state index >= 15 is 0 Å². The smallest absolute Gasteiger partial charge is 0.0318 e. The second-order valence-electron chi connectivity index (χ2n) is 5.60. The number of hydrogen-bond donors (Lipinski definition) is 1. The van der Waals surface area contributed by atoms with Crippen LogP contribution in [0, 0.1) is 0 Å². The second kappa shape index (κ2) is 8.13. The summed E-state index contributed by atoms with van der Waals surface area (Å²) >= 11 is 3.59. The maximum Gasteiger partial charge on any atom is 0.0318 e. The molecule has 1 heterocycles. The molecule has 0 bridgehead atoms. The molecule has 0 amide bonds. The number of benzene rings is 1. The van der Waals surface area contributed by atoms with Crippen LogP contribution in [-0.4, -0.2) is 49.1 Å². The Kier molecular flexibility index (Phi) is 6.49. The summed E-state index contributed by atoms with van der Waals surface area (Å²) in [5.41, 5.74) is 7.54. The normalized spacial score (nSPS) is 19.1. The Labute approximate surface area is 131 Å². The van der Waals surface area contributed by atoms with E-state index < -0.39 is 0 Å².